The Labute approximate surface area is 540 Å². The number of nitrogens with zero attached hydrogens (tertiary/aromatic N) is 1. The quantitative estimate of drug-likeness (QED) is 0.0344. The van der Waals surface area contributed by atoms with E-state index in [-0.39, 0.29) is 118 Å². The van der Waals surface area contributed by atoms with Crippen molar-refractivity contribution in [2.75, 3.05) is 65.8 Å². The van der Waals surface area contributed by atoms with E-state index in [9.17, 15) is 33.6 Å². The Bertz CT molecular complexity index is 1690. The first-order valence-corrected chi connectivity index (χ1v) is 37.2. The third-order valence-corrected chi connectivity index (χ3v) is 20.4. The molecule has 1 N–H and O–H groups in total. The number of carbonyl (C=O) groups is 7. The number of carbonyl (C=O) groups excluding carboxylic acids is 7. The predicted octanol–water partition coefficient (Wildman–Crippen LogP) is 16.4. The van der Waals surface area contributed by atoms with Gasteiger partial charge in [-0.15, -0.1) is 0 Å². The molecule has 89 heavy (non-hydrogen) atoms. The minimum absolute atomic E-state index is 0.0204. The normalized spacial score (nSPS) is 22.8. The van der Waals surface area contributed by atoms with Gasteiger partial charge in [0.1, 0.15) is 39.6 Å². The lowest BCUT2D eigenvalue weighted by Crippen LogP contribution is -2.31. The summed E-state index contributed by atoms with van der Waals surface area (Å²) in [5.74, 6) is -0.0731. The van der Waals surface area contributed by atoms with Gasteiger partial charge in [0.15, 0.2) is 0 Å². The van der Waals surface area contributed by atoms with Gasteiger partial charge in [0, 0.05) is 26.3 Å². The molecule has 0 aliphatic heterocycles. The highest BCUT2D eigenvalue weighted by molar-refractivity contribution is 5.74. The fourth-order valence-electron chi connectivity index (χ4n) is 14.2. The Kier molecular flexibility index (Phi) is 42.7. The summed E-state index contributed by atoms with van der Waals surface area (Å²) in [4.78, 5) is 93.6. The van der Waals surface area contributed by atoms with Gasteiger partial charge in [-0.3, -0.25) is 33.6 Å². The van der Waals surface area contributed by atoms with Gasteiger partial charge in [0.2, 0.25) is 5.91 Å². The highest BCUT2D eigenvalue weighted by Crippen LogP contribution is 2.37. The van der Waals surface area contributed by atoms with Crippen LogP contribution in [0, 0.1) is 59.2 Å². The predicted molar refractivity (Wildman–Crippen MR) is 352 cm³/mol. The number of rotatable bonds is 49. The van der Waals surface area contributed by atoms with E-state index < -0.39 is 11.8 Å². The maximum absolute atomic E-state index is 13.3. The molecule has 0 aromatic rings. The largest absolute Gasteiger partial charge is 0.465 e. The van der Waals surface area contributed by atoms with Crippen molar-refractivity contribution in [2.24, 2.45) is 59.2 Å². The van der Waals surface area contributed by atoms with Crippen molar-refractivity contribution in [3.05, 3.63) is 0 Å². The molecule has 0 saturated heterocycles. The zero-order valence-corrected chi connectivity index (χ0v) is 57.3. The Hall–Kier alpha value is -3.75. The highest BCUT2D eigenvalue weighted by Gasteiger charge is 2.33. The third-order valence-electron chi connectivity index (χ3n) is 20.4. The summed E-state index contributed by atoms with van der Waals surface area (Å²) in [5.41, 5.74) is 0. The van der Waals surface area contributed by atoms with Crippen LogP contribution < -0.4 is 5.32 Å². The molecule has 0 unspecified atom stereocenters. The van der Waals surface area contributed by atoms with Crippen LogP contribution in [-0.2, 0) is 62.0 Å². The Morgan fingerprint density at radius 2 is 0.607 bits per heavy atom. The second kappa shape index (κ2) is 48.9. The number of hydrogen-bond donors (Lipinski definition) is 1. The van der Waals surface area contributed by atoms with Crippen molar-refractivity contribution >= 4 is 41.7 Å². The van der Waals surface area contributed by atoms with Gasteiger partial charge in [0.25, 0.3) is 0 Å². The van der Waals surface area contributed by atoms with Crippen LogP contribution in [0.3, 0.4) is 0 Å². The summed E-state index contributed by atoms with van der Waals surface area (Å²) in [6.45, 7) is 13.9. The number of unbranched alkanes of at least 4 members (excludes halogenated alkanes) is 13. The lowest BCUT2D eigenvalue weighted by Gasteiger charge is -2.28. The van der Waals surface area contributed by atoms with Crippen LogP contribution in [0.2, 0.25) is 0 Å². The van der Waals surface area contributed by atoms with E-state index in [1.807, 2.05) is 0 Å². The topological polar surface area (TPSA) is 190 Å². The molecule has 514 valence electrons. The molecule has 1 amide bonds. The van der Waals surface area contributed by atoms with Crippen LogP contribution in [0.1, 0.15) is 304 Å². The molecule has 4 fully saturated rings. The molecule has 4 aliphatic carbocycles. The van der Waals surface area contributed by atoms with Crippen molar-refractivity contribution in [3.63, 3.8) is 0 Å². The molecule has 0 aromatic heterocycles. The van der Waals surface area contributed by atoms with Crippen molar-refractivity contribution in [2.45, 2.75) is 304 Å². The monoisotopic (exact) mass is 1250 g/mol. The first-order valence-electron chi connectivity index (χ1n) is 37.2. The average molecular weight is 1260 g/mol. The molecule has 0 radical (unpaired) electrons. The fraction of sp³-hybridized carbons (Fsp3) is 0.905. The van der Waals surface area contributed by atoms with Crippen molar-refractivity contribution in [1.82, 2.24) is 10.2 Å². The minimum atomic E-state index is -0.440. The molecule has 4 aliphatic rings. The summed E-state index contributed by atoms with van der Waals surface area (Å²) in [7, 11) is 0. The molecule has 0 heterocycles. The van der Waals surface area contributed by atoms with Crippen molar-refractivity contribution < 1.29 is 62.0 Å². The molecule has 0 bridgehead atoms. The number of nitrogens with one attached hydrogen (secondary N) is 1. The van der Waals surface area contributed by atoms with Crippen LogP contribution in [0.25, 0.3) is 0 Å². The summed E-state index contributed by atoms with van der Waals surface area (Å²) >= 11 is 0. The second-order valence-corrected chi connectivity index (χ2v) is 28.1. The Balaban J connectivity index is 1.20. The van der Waals surface area contributed by atoms with Gasteiger partial charge in [-0.2, -0.15) is 0 Å². The standard InChI is InChI=1S/C74H130N2O13/c1-6-10-16-26-59-32-40-65(41-33-59)71(80)86-54-63(55-87-72(81)66-42-34-60(35-43-66)27-17-11-7-2)52-84-69(78)30-20-14-23-49-76(51-25-22-48-75-58(5)77)50-24-15-21-31-70(79)85-53-64(56-88-73(82)67-44-36-61(37-45-67)28-18-12-8-3)57-89-74(83)68-46-38-62(39-47-68)29-19-13-9-4/h59-68H,6-57H2,1-5H3,(H,75,77). The Morgan fingerprint density at radius 1 is 0.337 bits per heavy atom. The smallest absolute Gasteiger partial charge is 0.308 e. The second-order valence-electron chi connectivity index (χ2n) is 28.1. The summed E-state index contributed by atoms with van der Waals surface area (Å²) in [6, 6.07) is 0. The highest BCUT2D eigenvalue weighted by atomic mass is 16.6. The molecule has 4 rings (SSSR count). The molecular formula is C74H130N2O13. The summed E-state index contributed by atoms with van der Waals surface area (Å²) in [6.07, 6.45) is 42.0. The molecule has 0 spiro atoms. The lowest BCUT2D eigenvalue weighted by atomic mass is 9.80. The van der Waals surface area contributed by atoms with Gasteiger partial charge in [-0.05, 0) is 185 Å². The fourth-order valence-corrected chi connectivity index (χ4v) is 14.2. The summed E-state index contributed by atoms with van der Waals surface area (Å²) < 4.78 is 35.2. The lowest BCUT2D eigenvalue weighted by molar-refractivity contribution is -0.161. The zero-order valence-electron chi connectivity index (χ0n) is 57.3. The van der Waals surface area contributed by atoms with Crippen LogP contribution in [0.15, 0.2) is 0 Å². The zero-order chi connectivity index (χ0) is 64.1. The first-order chi connectivity index (χ1) is 43.3. The van der Waals surface area contributed by atoms with E-state index in [4.69, 9.17) is 28.4 Å². The molecular weight excluding hydrogens is 1120 g/mol. The average Bonchev–Trinajstić information content (AvgIpc) is 3.50. The van der Waals surface area contributed by atoms with E-state index in [0.29, 0.717) is 43.1 Å². The van der Waals surface area contributed by atoms with Gasteiger partial charge in [-0.25, -0.2) is 0 Å². The molecule has 0 aromatic carbocycles. The van der Waals surface area contributed by atoms with E-state index >= 15 is 0 Å². The maximum atomic E-state index is 13.3. The van der Waals surface area contributed by atoms with Crippen molar-refractivity contribution in [3.8, 4) is 0 Å². The number of amides is 1. The first kappa shape index (κ1) is 77.7. The van der Waals surface area contributed by atoms with Crippen LogP contribution in [0.4, 0.5) is 0 Å². The number of hydrogen-bond acceptors (Lipinski definition) is 14. The molecule has 15 heteroatoms. The molecule has 4 saturated carbocycles. The van der Waals surface area contributed by atoms with Crippen LogP contribution in [0.5, 0.6) is 0 Å². The third kappa shape index (κ3) is 35.8. The van der Waals surface area contributed by atoms with Crippen LogP contribution >= 0.6 is 0 Å². The van der Waals surface area contributed by atoms with E-state index in [1.165, 1.54) is 110 Å². The van der Waals surface area contributed by atoms with Crippen LogP contribution in [-0.4, -0.2) is 112 Å². The number of esters is 6. The van der Waals surface area contributed by atoms with E-state index in [1.54, 1.807) is 0 Å². The SMILES string of the molecule is CCCCCC1CCC(C(=O)OCC(COC(=O)CCCCCN(CCCCCC(=O)OCC(COC(=O)C2CCC(CCCCC)CC2)COC(=O)C2CCC(CCCCC)CC2)CCCCNC(C)=O)COC(=O)C2CCC(CCCCC)CC2)CC1. The Morgan fingerprint density at radius 3 is 0.876 bits per heavy atom. The van der Waals surface area contributed by atoms with Gasteiger partial charge in [0.05, 0.1) is 35.5 Å². The summed E-state index contributed by atoms with van der Waals surface area (Å²) in [5, 5.41) is 2.89. The van der Waals surface area contributed by atoms with Gasteiger partial charge in [-0.1, -0.05) is 143 Å². The van der Waals surface area contributed by atoms with Gasteiger partial charge < -0.3 is 38.6 Å². The van der Waals surface area contributed by atoms with Crippen molar-refractivity contribution in [1.29, 1.82) is 0 Å². The molecule has 0 atom stereocenters. The maximum Gasteiger partial charge on any atom is 0.308 e. The van der Waals surface area contributed by atoms with Gasteiger partial charge >= 0.3 is 35.8 Å². The number of ether oxygens (including phenoxy) is 6. The minimum Gasteiger partial charge on any atom is -0.465 e. The van der Waals surface area contributed by atoms with E-state index in [0.717, 1.165) is 161 Å². The molecule has 15 nitrogen and oxygen atoms in total. The van der Waals surface area contributed by atoms with E-state index in [2.05, 4.69) is 37.9 Å².